The second-order valence-corrected chi connectivity index (χ2v) is 6.98. The highest BCUT2D eigenvalue weighted by Crippen LogP contribution is 2.33. The van der Waals surface area contributed by atoms with Crippen molar-refractivity contribution in [3.05, 3.63) is 115 Å². The number of imidazole rings is 1. The van der Waals surface area contributed by atoms with Gasteiger partial charge in [0.05, 0.1) is 11.4 Å². The number of aromatic nitrogens is 2. The molecular formula is C27H20N2O. The standard InChI is InChI=1S/C27H20N2O/c1-4-10-20(11-5-1)25-26(21-12-6-2-7-13-21)29-27(28-25)22-16-18-24(19-17-22)30-23-14-8-3-9-15-23/h1-19H,(H,28,29). The second-order valence-electron chi connectivity index (χ2n) is 6.98. The smallest absolute Gasteiger partial charge is 0.138 e. The van der Waals surface area contributed by atoms with E-state index in [0.29, 0.717) is 0 Å². The lowest BCUT2D eigenvalue weighted by Gasteiger charge is -2.05. The predicted octanol–water partition coefficient (Wildman–Crippen LogP) is 7.20. The lowest BCUT2D eigenvalue weighted by atomic mass is 10.1. The van der Waals surface area contributed by atoms with Crippen LogP contribution in [0.25, 0.3) is 33.9 Å². The second kappa shape index (κ2) is 8.10. The molecule has 0 fully saturated rings. The third kappa shape index (κ3) is 3.74. The Kier molecular flexibility index (Phi) is 4.84. The van der Waals surface area contributed by atoms with Crippen LogP contribution in [0.4, 0.5) is 0 Å². The fourth-order valence-corrected chi connectivity index (χ4v) is 3.43. The Morgan fingerprint density at radius 1 is 0.500 bits per heavy atom. The lowest BCUT2D eigenvalue weighted by molar-refractivity contribution is 0.483. The average molecular weight is 388 g/mol. The van der Waals surface area contributed by atoms with Gasteiger partial charge >= 0.3 is 0 Å². The zero-order chi connectivity index (χ0) is 20.2. The molecular weight excluding hydrogens is 368 g/mol. The molecule has 5 rings (SSSR count). The molecule has 0 bridgehead atoms. The van der Waals surface area contributed by atoms with Crippen LogP contribution in [0.3, 0.4) is 0 Å². The van der Waals surface area contributed by atoms with E-state index in [9.17, 15) is 0 Å². The number of nitrogens with zero attached hydrogens (tertiary/aromatic N) is 1. The molecule has 4 aromatic carbocycles. The molecule has 0 aliphatic carbocycles. The molecule has 3 nitrogen and oxygen atoms in total. The first-order valence-electron chi connectivity index (χ1n) is 9.91. The van der Waals surface area contributed by atoms with Crippen molar-refractivity contribution in [1.82, 2.24) is 9.97 Å². The monoisotopic (exact) mass is 388 g/mol. The highest BCUT2D eigenvalue weighted by molar-refractivity contribution is 5.81. The minimum atomic E-state index is 0.795. The highest BCUT2D eigenvalue weighted by atomic mass is 16.5. The van der Waals surface area contributed by atoms with Gasteiger partial charge in [0.1, 0.15) is 17.3 Å². The molecule has 0 unspecified atom stereocenters. The molecule has 0 aliphatic heterocycles. The molecule has 0 amide bonds. The Morgan fingerprint density at radius 2 is 1.03 bits per heavy atom. The van der Waals surface area contributed by atoms with Gasteiger partial charge in [0.25, 0.3) is 0 Å². The van der Waals surface area contributed by atoms with E-state index in [0.717, 1.165) is 45.4 Å². The number of H-pyrrole nitrogens is 1. The van der Waals surface area contributed by atoms with Gasteiger partial charge in [0.2, 0.25) is 0 Å². The number of hydrogen-bond acceptors (Lipinski definition) is 2. The van der Waals surface area contributed by atoms with Crippen LogP contribution in [0.1, 0.15) is 0 Å². The van der Waals surface area contributed by atoms with Crippen molar-refractivity contribution in [3.8, 4) is 45.4 Å². The van der Waals surface area contributed by atoms with Crippen LogP contribution in [-0.4, -0.2) is 9.97 Å². The molecule has 144 valence electrons. The molecule has 5 aromatic rings. The van der Waals surface area contributed by atoms with Gasteiger partial charge in [-0.15, -0.1) is 0 Å². The van der Waals surface area contributed by atoms with E-state index in [1.807, 2.05) is 91.0 Å². The summed E-state index contributed by atoms with van der Waals surface area (Å²) in [5, 5.41) is 0. The van der Waals surface area contributed by atoms with Gasteiger partial charge in [-0.1, -0.05) is 78.9 Å². The number of hydrogen-bond donors (Lipinski definition) is 1. The Bertz CT molecular complexity index is 1170. The SMILES string of the molecule is c1ccc(Oc2ccc(-c3nc(-c4ccccc4)c(-c4ccccc4)[nH]3)cc2)cc1. The van der Waals surface area contributed by atoms with Crippen molar-refractivity contribution in [2.24, 2.45) is 0 Å². The molecule has 1 aromatic heterocycles. The fraction of sp³-hybridized carbons (Fsp3) is 0. The molecule has 1 N–H and O–H groups in total. The van der Waals surface area contributed by atoms with E-state index in [2.05, 4.69) is 29.2 Å². The lowest BCUT2D eigenvalue weighted by Crippen LogP contribution is -1.85. The quantitative estimate of drug-likeness (QED) is 0.346. The molecule has 0 aliphatic rings. The minimum Gasteiger partial charge on any atom is -0.457 e. The molecule has 3 heteroatoms. The average Bonchev–Trinajstić information content (AvgIpc) is 3.27. The maximum Gasteiger partial charge on any atom is 0.138 e. The van der Waals surface area contributed by atoms with Crippen LogP contribution in [0.15, 0.2) is 115 Å². The van der Waals surface area contributed by atoms with Gasteiger partial charge in [-0.3, -0.25) is 0 Å². The molecule has 0 atom stereocenters. The van der Waals surface area contributed by atoms with Gasteiger partial charge in [0.15, 0.2) is 0 Å². The minimum absolute atomic E-state index is 0.795. The number of benzene rings is 4. The highest BCUT2D eigenvalue weighted by Gasteiger charge is 2.15. The van der Waals surface area contributed by atoms with Crippen molar-refractivity contribution in [2.75, 3.05) is 0 Å². The van der Waals surface area contributed by atoms with Gasteiger partial charge in [-0.25, -0.2) is 4.98 Å². The summed E-state index contributed by atoms with van der Waals surface area (Å²) >= 11 is 0. The number of para-hydroxylation sites is 1. The summed E-state index contributed by atoms with van der Waals surface area (Å²) in [6.45, 7) is 0. The summed E-state index contributed by atoms with van der Waals surface area (Å²) < 4.78 is 5.91. The van der Waals surface area contributed by atoms with Crippen molar-refractivity contribution < 1.29 is 4.74 Å². The summed E-state index contributed by atoms with van der Waals surface area (Å²) in [6, 6.07) is 38.3. The summed E-state index contributed by atoms with van der Waals surface area (Å²) in [5.74, 6) is 2.45. The number of ether oxygens (including phenoxy) is 1. The Morgan fingerprint density at radius 3 is 1.67 bits per heavy atom. The first-order chi connectivity index (χ1) is 14.9. The Labute approximate surface area is 175 Å². The van der Waals surface area contributed by atoms with E-state index >= 15 is 0 Å². The zero-order valence-corrected chi connectivity index (χ0v) is 16.3. The fourth-order valence-electron chi connectivity index (χ4n) is 3.43. The third-order valence-corrected chi connectivity index (χ3v) is 4.92. The van der Waals surface area contributed by atoms with E-state index < -0.39 is 0 Å². The van der Waals surface area contributed by atoms with Crippen molar-refractivity contribution in [3.63, 3.8) is 0 Å². The van der Waals surface area contributed by atoms with Gasteiger partial charge in [-0.05, 0) is 36.4 Å². The maximum atomic E-state index is 5.91. The summed E-state index contributed by atoms with van der Waals surface area (Å²) in [5.41, 5.74) is 5.17. The zero-order valence-electron chi connectivity index (χ0n) is 16.3. The molecule has 0 saturated carbocycles. The largest absolute Gasteiger partial charge is 0.457 e. The third-order valence-electron chi connectivity index (χ3n) is 4.92. The topological polar surface area (TPSA) is 37.9 Å². The molecule has 1 heterocycles. The van der Waals surface area contributed by atoms with Crippen LogP contribution in [-0.2, 0) is 0 Å². The Balaban J connectivity index is 1.51. The number of nitrogens with one attached hydrogen (secondary N) is 1. The van der Waals surface area contributed by atoms with E-state index in [-0.39, 0.29) is 0 Å². The summed E-state index contributed by atoms with van der Waals surface area (Å²) in [4.78, 5) is 8.47. The van der Waals surface area contributed by atoms with Crippen LogP contribution in [0, 0.1) is 0 Å². The van der Waals surface area contributed by atoms with Gasteiger partial charge in [-0.2, -0.15) is 0 Å². The van der Waals surface area contributed by atoms with Crippen molar-refractivity contribution in [2.45, 2.75) is 0 Å². The van der Waals surface area contributed by atoms with Crippen LogP contribution < -0.4 is 4.74 Å². The van der Waals surface area contributed by atoms with E-state index in [1.54, 1.807) is 0 Å². The molecule has 0 radical (unpaired) electrons. The molecule has 0 saturated heterocycles. The first kappa shape index (κ1) is 18.0. The normalized spacial score (nSPS) is 10.7. The number of aromatic amines is 1. The van der Waals surface area contributed by atoms with Gasteiger partial charge in [0, 0.05) is 16.7 Å². The van der Waals surface area contributed by atoms with Crippen molar-refractivity contribution in [1.29, 1.82) is 0 Å². The van der Waals surface area contributed by atoms with Crippen LogP contribution >= 0.6 is 0 Å². The van der Waals surface area contributed by atoms with E-state index in [1.165, 1.54) is 0 Å². The van der Waals surface area contributed by atoms with Crippen LogP contribution in [0.2, 0.25) is 0 Å². The maximum absolute atomic E-state index is 5.91. The molecule has 30 heavy (non-hydrogen) atoms. The number of rotatable bonds is 5. The van der Waals surface area contributed by atoms with E-state index in [4.69, 9.17) is 9.72 Å². The Hall–Kier alpha value is -4.11. The molecule has 0 spiro atoms. The van der Waals surface area contributed by atoms with Gasteiger partial charge < -0.3 is 9.72 Å². The first-order valence-corrected chi connectivity index (χ1v) is 9.91. The van der Waals surface area contributed by atoms with Crippen LogP contribution in [0.5, 0.6) is 11.5 Å². The van der Waals surface area contributed by atoms with Crippen molar-refractivity contribution >= 4 is 0 Å². The summed E-state index contributed by atoms with van der Waals surface area (Å²) in [6.07, 6.45) is 0. The predicted molar refractivity (Wildman–Crippen MR) is 121 cm³/mol. The summed E-state index contributed by atoms with van der Waals surface area (Å²) in [7, 11) is 0.